The van der Waals surface area contributed by atoms with Crippen LogP contribution in [0.3, 0.4) is 0 Å². The number of rotatable bonds is 2. The number of methoxy groups -OCH3 is 1. The van der Waals surface area contributed by atoms with Crippen molar-refractivity contribution in [2.24, 2.45) is 0 Å². The molecule has 2 aromatic rings. The standard InChI is InChI=1S/C10H13N3O/c1-6-4-5-11-10-8(6)12-9(13-10)7(2)14-3/h4-5,7H,1-3H3,(H,11,12,13). The maximum Gasteiger partial charge on any atom is 0.178 e. The second-order valence-corrected chi connectivity index (χ2v) is 3.33. The van der Waals surface area contributed by atoms with Crippen LogP contribution < -0.4 is 0 Å². The zero-order valence-electron chi connectivity index (χ0n) is 8.53. The SMILES string of the molecule is COC(C)c1nc2nccc(C)c2[nH]1. The molecule has 14 heavy (non-hydrogen) atoms. The summed E-state index contributed by atoms with van der Waals surface area (Å²) >= 11 is 0. The van der Waals surface area contributed by atoms with E-state index in [9.17, 15) is 0 Å². The molecule has 2 aromatic heterocycles. The zero-order valence-corrected chi connectivity index (χ0v) is 8.53. The van der Waals surface area contributed by atoms with Crippen LogP contribution in [0.5, 0.6) is 0 Å². The second-order valence-electron chi connectivity index (χ2n) is 3.33. The van der Waals surface area contributed by atoms with Crippen LogP contribution in [0.2, 0.25) is 0 Å². The molecular weight excluding hydrogens is 178 g/mol. The number of aromatic nitrogens is 3. The topological polar surface area (TPSA) is 50.8 Å². The first-order valence-electron chi connectivity index (χ1n) is 4.56. The van der Waals surface area contributed by atoms with Gasteiger partial charge in [-0.3, -0.25) is 0 Å². The van der Waals surface area contributed by atoms with Crippen molar-refractivity contribution in [1.82, 2.24) is 15.0 Å². The van der Waals surface area contributed by atoms with E-state index in [0.717, 1.165) is 22.6 Å². The van der Waals surface area contributed by atoms with Gasteiger partial charge >= 0.3 is 0 Å². The third kappa shape index (κ3) is 1.37. The third-order valence-electron chi connectivity index (χ3n) is 2.36. The van der Waals surface area contributed by atoms with Crippen molar-refractivity contribution in [3.63, 3.8) is 0 Å². The van der Waals surface area contributed by atoms with Gasteiger partial charge in [0.15, 0.2) is 5.65 Å². The number of aryl methyl sites for hydroxylation is 1. The molecule has 0 bridgehead atoms. The van der Waals surface area contributed by atoms with Crippen molar-refractivity contribution in [1.29, 1.82) is 0 Å². The minimum Gasteiger partial charge on any atom is -0.374 e. The van der Waals surface area contributed by atoms with E-state index in [1.165, 1.54) is 0 Å². The molecular formula is C10H13N3O. The maximum atomic E-state index is 5.18. The average Bonchev–Trinajstić information content (AvgIpc) is 2.62. The largest absolute Gasteiger partial charge is 0.374 e. The van der Waals surface area contributed by atoms with Crippen molar-refractivity contribution in [2.45, 2.75) is 20.0 Å². The normalized spacial score (nSPS) is 13.4. The lowest BCUT2D eigenvalue weighted by Crippen LogP contribution is -1.97. The summed E-state index contributed by atoms with van der Waals surface area (Å²) < 4.78 is 5.18. The number of pyridine rings is 1. The minimum absolute atomic E-state index is 0.0244. The van der Waals surface area contributed by atoms with Crippen LogP contribution in [-0.4, -0.2) is 22.1 Å². The average molecular weight is 191 g/mol. The van der Waals surface area contributed by atoms with E-state index in [1.54, 1.807) is 13.3 Å². The molecule has 0 spiro atoms. The van der Waals surface area contributed by atoms with Gasteiger partial charge in [-0.1, -0.05) is 0 Å². The van der Waals surface area contributed by atoms with Crippen molar-refractivity contribution < 1.29 is 4.74 Å². The monoisotopic (exact) mass is 191 g/mol. The zero-order chi connectivity index (χ0) is 10.1. The second kappa shape index (κ2) is 3.38. The fraction of sp³-hybridized carbons (Fsp3) is 0.400. The summed E-state index contributed by atoms with van der Waals surface area (Å²) in [5.41, 5.74) is 2.90. The van der Waals surface area contributed by atoms with E-state index < -0.39 is 0 Å². The van der Waals surface area contributed by atoms with Gasteiger partial charge in [0.05, 0.1) is 5.52 Å². The number of hydrogen-bond donors (Lipinski definition) is 1. The number of H-pyrrole nitrogens is 1. The van der Waals surface area contributed by atoms with Crippen LogP contribution in [-0.2, 0) is 4.74 Å². The molecule has 0 radical (unpaired) electrons. The van der Waals surface area contributed by atoms with E-state index in [4.69, 9.17) is 4.74 Å². The number of nitrogens with zero attached hydrogens (tertiary/aromatic N) is 2. The first-order valence-corrected chi connectivity index (χ1v) is 4.56. The van der Waals surface area contributed by atoms with Crippen molar-refractivity contribution in [3.05, 3.63) is 23.7 Å². The number of fused-ring (bicyclic) bond motifs is 1. The fourth-order valence-electron chi connectivity index (χ4n) is 1.36. The van der Waals surface area contributed by atoms with Gasteiger partial charge in [0.25, 0.3) is 0 Å². The number of ether oxygens (including phenoxy) is 1. The molecule has 4 nitrogen and oxygen atoms in total. The molecule has 4 heteroatoms. The Kier molecular flexibility index (Phi) is 2.21. The van der Waals surface area contributed by atoms with Gasteiger partial charge in [0.1, 0.15) is 11.9 Å². The predicted octanol–water partition coefficient (Wildman–Crippen LogP) is 1.97. The van der Waals surface area contributed by atoms with E-state index >= 15 is 0 Å². The molecule has 1 atom stereocenters. The van der Waals surface area contributed by atoms with Crippen molar-refractivity contribution >= 4 is 11.2 Å². The third-order valence-corrected chi connectivity index (χ3v) is 2.36. The van der Waals surface area contributed by atoms with Crippen LogP contribution in [0, 0.1) is 6.92 Å². The lowest BCUT2D eigenvalue weighted by Gasteiger charge is -2.03. The summed E-state index contributed by atoms with van der Waals surface area (Å²) in [7, 11) is 1.66. The Morgan fingerprint density at radius 2 is 2.29 bits per heavy atom. The summed E-state index contributed by atoms with van der Waals surface area (Å²) in [5, 5.41) is 0. The molecule has 1 unspecified atom stereocenters. The van der Waals surface area contributed by atoms with E-state index in [0.29, 0.717) is 0 Å². The molecule has 0 saturated heterocycles. The molecule has 2 heterocycles. The maximum absolute atomic E-state index is 5.18. The Labute approximate surface area is 82.3 Å². The first-order chi connectivity index (χ1) is 6.72. The van der Waals surface area contributed by atoms with Crippen LogP contribution in [0.15, 0.2) is 12.3 Å². The summed E-state index contributed by atoms with van der Waals surface area (Å²) in [5.74, 6) is 0.823. The Morgan fingerprint density at radius 1 is 1.50 bits per heavy atom. The van der Waals surface area contributed by atoms with Crippen LogP contribution in [0.4, 0.5) is 0 Å². The van der Waals surface area contributed by atoms with Gasteiger partial charge in [-0.2, -0.15) is 0 Å². The molecule has 0 aromatic carbocycles. The molecule has 0 fully saturated rings. The Morgan fingerprint density at radius 3 is 2.93 bits per heavy atom. The van der Waals surface area contributed by atoms with Gasteiger partial charge in [0.2, 0.25) is 0 Å². The molecule has 0 aliphatic heterocycles. The highest BCUT2D eigenvalue weighted by Crippen LogP contribution is 2.18. The lowest BCUT2D eigenvalue weighted by atomic mass is 10.3. The highest BCUT2D eigenvalue weighted by molar-refractivity contribution is 5.74. The number of hydrogen-bond acceptors (Lipinski definition) is 3. The van der Waals surface area contributed by atoms with Gasteiger partial charge in [0, 0.05) is 13.3 Å². The fourth-order valence-corrected chi connectivity index (χ4v) is 1.36. The highest BCUT2D eigenvalue weighted by Gasteiger charge is 2.10. The molecule has 0 aliphatic rings. The van der Waals surface area contributed by atoms with Crippen molar-refractivity contribution in [3.8, 4) is 0 Å². The number of aromatic amines is 1. The Hall–Kier alpha value is -1.42. The highest BCUT2D eigenvalue weighted by atomic mass is 16.5. The summed E-state index contributed by atoms with van der Waals surface area (Å²) in [6.45, 7) is 3.98. The Bertz CT molecular complexity index is 450. The summed E-state index contributed by atoms with van der Waals surface area (Å²) in [6, 6.07) is 1.96. The molecule has 0 aliphatic carbocycles. The quantitative estimate of drug-likeness (QED) is 0.789. The first kappa shape index (κ1) is 9.15. The molecule has 0 amide bonds. The van der Waals surface area contributed by atoms with Crippen LogP contribution in [0.1, 0.15) is 24.4 Å². The lowest BCUT2D eigenvalue weighted by molar-refractivity contribution is 0.113. The van der Waals surface area contributed by atoms with E-state index in [2.05, 4.69) is 15.0 Å². The van der Waals surface area contributed by atoms with Crippen LogP contribution in [0.25, 0.3) is 11.2 Å². The van der Waals surface area contributed by atoms with E-state index in [1.807, 2.05) is 19.9 Å². The van der Waals surface area contributed by atoms with Gasteiger partial charge in [-0.15, -0.1) is 0 Å². The summed E-state index contributed by atoms with van der Waals surface area (Å²) in [6.07, 6.45) is 1.74. The number of nitrogens with one attached hydrogen (secondary N) is 1. The molecule has 74 valence electrons. The van der Waals surface area contributed by atoms with Crippen molar-refractivity contribution in [2.75, 3.05) is 7.11 Å². The predicted molar refractivity (Wildman–Crippen MR) is 54.0 cm³/mol. The Balaban J connectivity index is 2.56. The smallest absolute Gasteiger partial charge is 0.178 e. The van der Waals surface area contributed by atoms with Gasteiger partial charge in [-0.05, 0) is 25.5 Å². The number of imidazole rings is 1. The molecule has 2 rings (SSSR count). The molecule has 0 saturated carbocycles. The summed E-state index contributed by atoms with van der Waals surface area (Å²) in [4.78, 5) is 11.8. The van der Waals surface area contributed by atoms with Gasteiger partial charge in [-0.25, -0.2) is 9.97 Å². The van der Waals surface area contributed by atoms with Gasteiger partial charge < -0.3 is 9.72 Å². The van der Waals surface area contributed by atoms with Crippen LogP contribution >= 0.6 is 0 Å². The molecule has 1 N–H and O–H groups in total. The minimum atomic E-state index is -0.0244. The van der Waals surface area contributed by atoms with E-state index in [-0.39, 0.29) is 6.10 Å².